The second-order valence-electron chi connectivity index (χ2n) is 10.8. The van der Waals surface area contributed by atoms with Crippen molar-refractivity contribution in [3.8, 4) is 16.8 Å². The Labute approximate surface area is 237 Å². The summed E-state index contributed by atoms with van der Waals surface area (Å²) >= 11 is 0. The van der Waals surface area contributed by atoms with Gasteiger partial charge in [-0.1, -0.05) is 36.4 Å². The van der Waals surface area contributed by atoms with Crippen LogP contribution in [0.4, 0.5) is 0 Å². The number of benzene rings is 3. The maximum atomic E-state index is 13.6. The number of pyridine rings is 2. The van der Waals surface area contributed by atoms with Gasteiger partial charge in [0.15, 0.2) is 0 Å². The number of hydrogen-bond donors (Lipinski definition) is 0. The first-order valence-corrected chi connectivity index (χ1v) is 15.5. The molecule has 3 aromatic heterocycles. The molecule has 41 heavy (non-hydrogen) atoms. The summed E-state index contributed by atoms with van der Waals surface area (Å²) in [5.41, 5.74) is 7.13. The molecule has 6 aromatic rings. The lowest BCUT2D eigenvalue weighted by Gasteiger charge is -2.30. The van der Waals surface area contributed by atoms with Gasteiger partial charge >= 0.3 is 5.69 Å². The first-order chi connectivity index (χ1) is 19.8. The highest BCUT2D eigenvalue weighted by molar-refractivity contribution is 7.88. The van der Waals surface area contributed by atoms with Crippen LogP contribution >= 0.6 is 0 Å². The van der Waals surface area contributed by atoms with Crippen LogP contribution in [0.25, 0.3) is 49.7 Å². The van der Waals surface area contributed by atoms with E-state index in [4.69, 9.17) is 0 Å². The quantitative estimate of drug-likeness (QED) is 0.293. The minimum Gasteiger partial charge on any atom is -0.293 e. The molecule has 0 spiro atoms. The van der Waals surface area contributed by atoms with E-state index in [1.165, 1.54) is 6.26 Å². The average Bonchev–Trinajstić information content (AvgIpc) is 3.26. The minimum absolute atomic E-state index is 0.138. The van der Waals surface area contributed by atoms with E-state index in [9.17, 15) is 13.2 Å². The number of para-hydroxylation sites is 1. The predicted molar refractivity (Wildman–Crippen MR) is 163 cm³/mol. The molecule has 7 rings (SSSR count). The zero-order chi connectivity index (χ0) is 28.3. The summed E-state index contributed by atoms with van der Waals surface area (Å²) < 4.78 is 28.8. The highest BCUT2D eigenvalue weighted by Crippen LogP contribution is 2.32. The topological polar surface area (TPSA) is 90.1 Å². The average molecular weight is 564 g/mol. The van der Waals surface area contributed by atoms with Crippen molar-refractivity contribution in [1.82, 2.24) is 23.4 Å². The molecule has 3 aromatic carbocycles. The number of imidazole rings is 1. The SMILES string of the molecule is Cn1c(=O)n(-c2ccc(C3CCN(S(C)(=O)=O)CC3)cc2)c2c3cc(-c4cnc5ccccc5c4)ccc3ncc21. The highest BCUT2D eigenvalue weighted by atomic mass is 32.2. The number of piperidine rings is 1. The van der Waals surface area contributed by atoms with Crippen LogP contribution in [-0.4, -0.2) is 51.2 Å². The lowest BCUT2D eigenvalue weighted by molar-refractivity contribution is 0.321. The molecular formula is C32H29N5O3S. The molecule has 1 aliphatic rings. The summed E-state index contributed by atoms with van der Waals surface area (Å²) in [6, 6.07) is 24.4. The highest BCUT2D eigenvalue weighted by Gasteiger charge is 2.26. The smallest absolute Gasteiger partial charge is 0.293 e. The summed E-state index contributed by atoms with van der Waals surface area (Å²) in [6.07, 6.45) is 6.47. The maximum absolute atomic E-state index is 13.6. The van der Waals surface area contributed by atoms with Crippen molar-refractivity contribution in [2.24, 2.45) is 7.05 Å². The Bertz CT molecular complexity index is 2120. The summed E-state index contributed by atoms with van der Waals surface area (Å²) in [5.74, 6) is 0.287. The van der Waals surface area contributed by atoms with Crippen LogP contribution in [0.3, 0.4) is 0 Å². The molecule has 0 N–H and O–H groups in total. The molecule has 4 heterocycles. The number of sulfonamides is 1. The van der Waals surface area contributed by atoms with Crippen molar-refractivity contribution in [3.05, 3.63) is 101 Å². The van der Waals surface area contributed by atoms with Crippen LogP contribution in [0, 0.1) is 0 Å². The zero-order valence-corrected chi connectivity index (χ0v) is 23.7. The summed E-state index contributed by atoms with van der Waals surface area (Å²) in [5, 5.41) is 1.96. The third-order valence-corrected chi connectivity index (χ3v) is 9.66. The molecule has 0 unspecified atom stereocenters. The largest absolute Gasteiger partial charge is 0.333 e. The van der Waals surface area contributed by atoms with Gasteiger partial charge in [0.05, 0.1) is 40.2 Å². The second kappa shape index (κ2) is 9.64. The minimum atomic E-state index is -3.16. The molecule has 0 atom stereocenters. The summed E-state index contributed by atoms with van der Waals surface area (Å²) in [6.45, 7) is 1.06. The van der Waals surface area contributed by atoms with Crippen LogP contribution < -0.4 is 5.69 Å². The molecule has 0 amide bonds. The Kier molecular flexibility index (Phi) is 6.02. The van der Waals surface area contributed by atoms with E-state index >= 15 is 0 Å². The van der Waals surface area contributed by atoms with Gasteiger partial charge in [0.25, 0.3) is 0 Å². The van der Waals surface area contributed by atoms with Gasteiger partial charge in [-0.15, -0.1) is 0 Å². The fourth-order valence-electron chi connectivity index (χ4n) is 6.06. The fourth-order valence-corrected chi connectivity index (χ4v) is 6.94. The van der Waals surface area contributed by atoms with E-state index in [-0.39, 0.29) is 11.6 Å². The molecule has 1 saturated heterocycles. The molecule has 206 valence electrons. The van der Waals surface area contributed by atoms with Crippen LogP contribution in [0.5, 0.6) is 0 Å². The maximum Gasteiger partial charge on any atom is 0.333 e. The summed E-state index contributed by atoms with van der Waals surface area (Å²) in [4.78, 5) is 22.9. The van der Waals surface area contributed by atoms with Gasteiger partial charge in [-0.05, 0) is 66.3 Å². The normalized spacial score (nSPS) is 15.3. The van der Waals surface area contributed by atoms with Gasteiger partial charge in [0.1, 0.15) is 0 Å². The number of aryl methyl sites for hydroxylation is 1. The monoisotopic (exact) mass is 563 g/mol. The first-order valence-electron chi connectivity index (χ1n) is 13.7. The van der Waals surface area contributed by atoms with Crippen molar-refractivity contribution in [3.63, 3.8) is 0 Å². The van der Waals surface area contributed by atoms with Crippen LogP contribution in [-0.2, 0) is 17.1 Å². The number of aromatic nitrogens is 4. The molecule has 1 aliphatic heterocycles. The number of fused-ring (bicyclic) bond motifs is 4. The van der Waals surface area contributed by atoms with E-state index < -0.39 is 10.0 Å². The Morgan fingerprint density at radius 2 is 1.56 bits per heavy atom. The van der Waals surface area contributed by atoms with Gasteiger partial charge in [-0.25, -0.2) is 17.5 Å². The second-order valence-corrected chi connectivity index (χ2v) is 12.8. The molecule has 0 bridgehead atoms. The Morgan fingerprint density at radius 1 is 0.829 bits per heavy atom. The van der Waals surface area contributed by atoms with E-state index in [0.717, 1.165) is 68.1 Å². The predicted octanol–water partition coefficient (Wildman–Crippen LogP) is 5.23. The van der Waals surface area contributed by atoms with Crippen molar-refractivity contribution in [1.29, 1.82) is 0 Å². The van der Waals surface area contributed by atoms with Gasteiger partial charge in [0, 0.05) is 42.7 Å². The third-order valence-electron chi connectivity index (χ3n) is 8.35. The van der Waals surface area contributed by atoms with Crippen molar-refractivity contribution >= 4 is 42.9 Å². The van der Waals surface area contributed by atoms with Gasteiger partial charge in [-0.2, -0.15) is 0 Å². The van der Waals surface area contributed by atoms with Crippen LogP contribution in [0.1, 0.15) is 24.3 Å². The van der Waals surface area contributed by atoms with Crippen LogP contribution in [0.15, 0.2) is 90.0 Å². The standard InChI is InChI=1S/C32H29N5O3S/c1-35-30-20-34-29-12-9-23(25-17-24-5-3-4-6-28(24)33-19-25)18-27(29)31(30)37(32(35)38)26-10-7-21(8-11-26)22-13-15-36(16-14-22)41(2,39)40/h3-12,17-20,22H,13-16H2,1-2H3. The number of hydrogen-bond acceptors (Lipinski definition) is 5. The molecule has 0 radical (unpaired) electrons. The molecule has 9 heteroatoms. The zero-order valence-electron chi connectivity index (χ0n) is 22.9. The van der Waals surface area contributed by atoms with E-state index in [1.807, 2.05) is 48.7 Å². The Balaban J connectivity index is 1.31. The van der Waals surface area contributed by atoms with Crippen molar-refractivity contribution in [2.75, 3.05) is 19.3 Å². The number of nitrogens with zero attached hydrogens (tertiary/aromatic N) is 5. The summed E-state index contributed by atoms with van der Waals surface area (Å²) in [7, 11) is -1.39. The van der Waals surface area contributed by atoms with E-state index in [0.29, 0.717) is 13.1 Å². The molecule has 0 aliphatic carbocycles. The van der Waals surface area contributed by atoms with Gasteiger partial charge < -0.3 is 0 Å². The Hall–Kier alpha value is -4.34. The van der Waals surface area contributed by atoms with Gasteiger partial charge in [-0.3, -0.25) is 19.1 Å². The van der Waals surface area contributed by atoms with E-state index in [1.54, 1.807) is 26.7 Å². The number of rotatable bonds is 4. The third kappa shape index (κ3) is 4.42. The fraction of sp³-hybridized carbons (Fsp3) is 0.219. The van der Waals surface area contributed by atoms with Crippen molar-refractivity contribution in [2.45, 2.75) is 18.8 Å². The first kappa shape index (κ1) is 25.6. The lowest BCUT2D eigenvalue weighted by atomic mass is 9.90. The Morgan fingerprint density at radius 3 is 2.32 bits per heavy atom. The van der Waals surface area contributed by atoms with E-state index in [2.05, 4.69) is 40.3 Å². The molecule has 0 saturated carbocycles. The van der Waals surface area contributed by atoms with Crippen LogP contribution in [0.2, 0.25) is 0 Å². The van der Waals surface area contributed by atoms with Gasteiger partial charge in [0.2, 0.25) is 10.0 Å². The molecular weight excluding hydrogens is 534 g/mol. The van der Waals surface area contributed by atoms with Crippen molar-refractivity contribution < 1.29 is 8.42 Å². The lowest BCUT2D eigenvalue weighted by Crippen LogP contribution is -2.37. The molecule has 8 nitrogen and oxygen atoms in total. The molecule has 1 fully saturated rings.